The van der Waals surface area contributed by atoms with Gasteiger partial charge in [-0.1, -0.05) is 12.1 Å². The summed E-state index contributed by atoms with van der Waals surface area (Å²) in [5, 5.41) is 0. The van der Waals surface area contributed by atoms with Gasteiger partial charge in [-0.25, -0.2) is 0 Å². The highest BCUT2D eigenvalue weighted by Crippen LogP contribution is 2.49. The summed E-state index contributed by atoms with van der Waals surface area (Å²) in [5.74, 6) is 0.696. The Hall–Kier alpha value is -2.23. The first-order chi connectivity index (χ1) is 10.8. The Balaban J connectivity index is 1.49. The molecule has 0 aromatic carbocycles. The van der Waals surface area contributed by atoms with Gasteiger partial charge in [0, 0.05) is 36.5 Å². The van der Waals surface area contributed by atoms with E-state index in [-0.39, 0.29) is 17.9 Å². The van der Waals surface area contributed by atoms with Gasteiger partial charge < -0.3 is 4.90 Å². The van der Waals surface area contributed by atoms with Crippen molar-refractivity contribution in [2.45, 2.75) is 31.2 Å². The number of hydrogen-bond donors (Lipinski definition) is 0. The van der Waals surface area contributed by atoms with Crippen LogP contribution in [0.15, 0.2) is 48.8 Å². The smallest absolute Gasteiger partial charge is 0.226 e. The van der Waals surface area contributed by atoms with E-state index in [1.54, 1.807) is 0 Å². The molecule has 2 aromatic rings. The van der Waals surface area contributed by atoms with Crippen molar-refractivity contribution in [3.05, 3.63) is 60.2 Å². The second-order valence-corrected chi connectivity index (χ2v) is 6.15. The summed E-state index contributed by atoms with van der Waals surface area (Å²) < 4.78 is 0. The van der Waals surface area contributed by atoms with Crippen molar-refractivity contribution in [1.29, 1.82) is 0 Å². The van der Waals surface area contributed by atoms with E-state index in [2.05, 4.69) is 9.97 Å². The van der Waals surface area contributed by atoms with Gasteiger partial charge in [0.25, 0.3) is 0 Å². The predicted octanol–water partition coefficient (Wildman–Crippen LogP) is 2.94. The van der Waals surface area contributed by atoms with Crippen LogP contribution < -0.4 is 0 Å². The Bertz CT molecular complexity index is 659. The zero-order valence-electron chi connectivity index (χ0n) is 12.4. The zero-order chi connectivity index (χ0) is 14.9. The Morgan fingerprint density at radius 3 is 2.45 bits per heavy atom. The fraction of sp³-hybridized carbons (Fsp3) is 0.389. The van der Waals surface area contributed by atoms with E-state index in [1.165, 1.54) is 0 Å². The first kappa shape index (κ1) is 13.4. The summed E-state index contributed by atoms with van der Waals surface area (Å²) in [6, 6.07) is 12.0. The molecule has 4 nitrogen and oxygen atoms in total. The number of carbonyl (C=O) groups is 1. The van der Waals surface area contributed by atoms with E-state index < -0.39 is 0 Å². The molecule has 2 aliphatic rings. The molecular formula is C18H19N3O. The van der Waals surface area contributed by atoms with E-state index in [4.69, 9.17) is 0 Å². The summed E-state index contributed by atoms with van der Waals surface area (Å²) in [7, 11) is 0. The molecule has 4 heteroatoms. The highest BCUT2D eigenvalue weighted by molar-refractivity contribution is 5.83. The average Bonchev–Trinajstić information content (AvgIpc) is 3.24. The number of rotatable bonds is 3. The van der Waals surface area contributed by atoms with E-state index in [9.17, 15) is 4.79 Å². The van der Waals surface area contributed by atoms with Crippen molar-refractivity contribution in [2.24, 2.45) is 5.92 Å². The number of likely N-dealkylation sites (tertiary alicyclic amines) is 1. The molecule has 0 radical (unpaired) electrons. The van der Waals surface area contributed by atoms with Gasteiger partial charge in [-0.15, -0.1) is 0 Å². The number of carbonyl (C=O) groups excluding carboxylic acids is 1. The molecule has 1 saturated carbocycles. The molecule has 4 rings (SSSR count). The fourth-order valence-corrected chi connectivity index (χ4v) is 3.51. The quantitative estimate of drug-likeness (QED) is 0.874. The van der Waals surface area contributed by atoms with Crippen molar-refractivity contribution in [1.82, 2.24) is 14.9 Å². The molecule has 0 bridgehead atoms. The number of amides is 1. The molecule has 2 fully saturated rings. The SMILES string of the molecule is O=C(C1CC1c1ccccn1)N1CCCC1c1ccccn1. The van der Waals surface area contributed by atoms with Crippen LogP contribution in [-0.4, -0.2) is 27.3 Å². The molecule has 3 atom stereocenters. The fourth-order valence-electron chi connectivity index (χ4n) is 3.51. The van der Waals surface area contributed by atoms with Crippen LogP contribution in [0.25, 0.3) is 0 Å². The summed E-state index contributed by atoms with van der Waals surface area (Å²) in [6.45, 7) is 0.853. The van der Waals surface area contributed by atoms with Gasteiger partial charge in [0.1, 0.15) is 0 Å². The highest BCUT2D eigenvalue weighted by Gasteiger charge is 2.48. The number of pyridine rings is 2. The molecule has 1 amide bonds. The third-order valence-corrected chi connectivity index (χ3v) is 4.74. The predicted molar refractivity (Wildman–Crippen MR) is 83.0 cm³/mol. The molecule has 0 spiro atoms. The molecule has 3 unspecified atom stereocenters. The van der Waals surface area contributed by atoms with Crippen LogP contribution in [0, 0.1) is 5.92 Å². The maximum Gasteiger partial charge on any atom is 0.226 e. The maximum atomic E-state index is 12.8. The van der Waals surface area contributed by atoms with Crippen LogP contribution in [0.1, 0.15) is 42.6 Å². The first-order valence-corrected chi connectivity index (χ1v) is 7.97. The Morgan fingerprint density at radius 1 is 1.05 bits per heavy atom. The normalized spacial score (nSPS) is 26.9. The molecule has 2 aromatic heterocycles. The van der Waals surface area contributed by atoms with Crippen LogP contribution in [0.3, 0.4) is 0 Å². The largest absolute Gasteiger partial charge is 0.334 e. The Labute approximate surface area is 130 Å². The number of hydrogen-bond acceptors (Lipinski definition) is 3. The van der Waals surface area contributed by atoms with Crippen LogP contribution in [-0.2, 0) is 4.79 Å². The third kappa shape index (κ3) is 2.39. The Morgan fingerprint density at radius 2 is 1.77 bits per heavy atom. The second kappa shape index (κ2) is 5.52. The minimum atomic E-state index is 0.110. The van der Waals surface area contributed by atoms with Gasteiger partial charge in [0.05, 0.1) is 11.7 Å². The number of aromatic nitrogens is 2. The summed E-state index contributed by atoms with van der Waals surface area (Å²) in [6.07, 6.45) is 6.63. The van der Waals surface area contributed by atoms with Gasteiger partial charge in [0.2, 0.25) is 5.91 Å². The van der Waals surface area contributed by atoms with Crippen LogP contribution >= 0.6 is 0 Å². The molecule has 1 aliphatic heterocycles. The van der Waals surface area contributed by atoms with Crippen molar-refractivity contribution in [3.8, 4) is 0 Å². The number of nitrogens with zero attached hydrogens (tertiary/aromatic N) is 3. The van der Waals surface area contributed by atoms with Crippen LogP contribution in [0.2, 0.25) is 0 Å². The van der Waals surface area contributed by atoms with E-state index in [0.29, 0.717) is 5.92 Å². The molecular weight excluding hydrogens is 274 g/mol. The van der Waals surface area contributed by atoms with Gasteiger partial charge in [-0.05, 0) is 43.5 Å². The summed E-state index contributed by atoms with van der Waals surface area (Å²) in [4.78, 5) is 23.7. The monoisotopic (exact) mass is 293 g/mol. The molecule has 0 N–H and O–H groups in total. The van der Waals surface area contributed by atoms with E-state index in [0.717, 1.165) is 37.2 Å². The minimum absolute atomic E-state index is 0.110. The molecule has 1 saturated heterocycles. The average molecular weight is 293 g/mol. The molecule has 3 heterocycles. The third-order valence-electron chi connectivity index (χ3n) is 4.74. The van der Waals surface area contributed by atoms with Gasteiger partial charge in [0.15, 0.2) is 0 Å². The lowest BCUT2D eigenvalue weighted by Crippen LogP contribution is -2.32. The highest BCUT2D eigenvalue weighted by atomic mass is 16.2. The molecule has 22 heavy (non-hydrogen) atoms. The van der Waals surface area contributed by atoms with Crippen molar-refractivity contribution >= 4 is 5.91 Å². The second-order valence-electron chi connectivity index (χ2n) is 6.15. The van der Waals surface area contributed by atoms with Crippen molar-refractivity contribution < 1.29 is 4.79 Å². The maximum absolute atomic E-state index is 12.8. The van der Waals surface area contributed by atoms with Crippen LogP contribution in [0.5, 0.6) is 0 Å². The summed E-state index contributed by atoms with van der Waals surface area (Å²) >= 11 is 0. The minimum Gasteiger partial charge on any atom is -0.334 e. The van der Waals surface area contributed by atoms with Gasteiger partial charge >= 0.3 is 0 Å². The van der Waals surface area contributed by atoms with Crippen molar-refractivity contribution in [3.63, 3.8) is 0 Å². The lowest BCUT2D eigenvalue weighted by Gasteiger charge is -2.24. The summed E-state index contributed by atoms with van der Waals surface area (Å²) in [5.41, 5.74) is 2.07. The first-order valence-electron chi connectivity index (χ1n) is 7.97. The van der Waals surface area contributed by atoms with E-state index in [1.807, 2.05) is 53.7 Å². The molecule has 112 valence electrons. The van der Waals surface area contributed by atoms with Gasteiger partial charge in [-0.3, -0.25) is 14.8 Å². The standard InChI is InChI=1S/C18H19N3O/c22-18(14-12-13(14)15-6-1-3-9-19-15)21-11-5-8-17(21)16-7-2-4-10-20-16/h1-4,6-7,9-10,13-14,17H,5,8,11-12H2. The lowest BCUT2D eigenvalue weighted by molar-refractivity contribution is -0.133. The Kier molecular flexibility index (Phi) is 3.37. The van der Waals surface area contributed by atoms with E-state index >= 15 is 0 Å². The topological polar surface area (TPSA) is 46.1 Å². The van der Waals surface area contributed by atoms with Crippen molar-refractivity contribution in [2.75, 3.05) is 6.54 Å². The van der Waals surface area contributed by atoms with Crippen LogP contribution in [0.4, 0.5) is 0 Å². The zero-order valence-corrected chi connectivity index (χ0v) is 12.4. The van der Waals surface area contributed by atoms with Gasteiger partial charge in [-0.2, -0.15) is 0 Å². The molecule has 1 aliphatic carbocycles. The lowest BCUT2D eigenvalue weighted by atomic mass is 10.1.